The number of oxime groups is 1. The molecular formula is C13H13FN2O3. The third-order valence-corrected chi connectivity index (χ3v) is 3.52. The maximum Gasteiger partial charge on any atom is 0.354 e. The zero-order chi connectivity index (χ0) is 13.4. The molecule has 0 saturated carbocycles. The van der Waals surface area contributed by atoms with Gasteiger partial charge in [0.25, 0.3) is 0 Å². The van der Waals surface area contributed by atoms with E-state index in [9.17, 15) is 9.18 Å². The summed E-state index contributed by atoms with van der Waals surface area (Å²) in [6.07, 6.45) is -0.174. The van der Waals surface area contributed by atoms with Gasteiger partial charge in [0.15, 0.2) is 5.71 Å². The van der Waals surface area contributed by atoms with Gasteiger partial charge in [-0.2, -0.15) is 0 Å². The van der Waals surface area contributed by atoms with E-state index in [4.69, 9.17) is 9.94 Å². The molecule has 0 radical (unpaired) electrons. The van der Waals surface area contributed by atoms with Crippen LogP contribution < -0.4 is 0 Å². The monoisotopic (exact) mass is 264 g/mol. The minimum absolute atomic E-state index is 0.103. The predicted molar refractivity (Wildman–Crippen MR) is 65.1 cm³/mol. The lowest BCUT2D eigenvalue weighted by atomic mass is 10.0. The molecule has 3 rings (SSSR count). The second-order valence-corrected chi connectivity index (χ2v) is 4.85. The zero-order valence-electron chi connectivity index (χ0n) is 10.1. The molecular weight excluding hydrogens is 251 g/mol. The molecule has 2 heterocycles. The minimum atomic E-state index is -1.02. The molecule has 2 unspecified atom stereocenters. The first kappa shape index (κ1) is 12.1. The highest BCUT2D eigenvalue weighted by Gasteiger charge is 2.44. The molecule has 0 spiro atoms. The van der Waals surface area contributed by atoms with Crippen LogP contribution in [0.1, 0.15) is 5.56 Å². The van der Waals surface area contributed by atoms with Gasteiger partial charge in [-0.1, -0.05) is 17.3 Å². The first-order valence-corrected chi connectivity index (χ1v) is 6.07. The predicted octanol–water partition coefficient (Wildman–Crippen LogP) is 1.10. The second-order valence-electron chi connectivity index (χ2n) is 4.85. The van der Waals surface area contributed by atoms with Crippen molar-refractivity contribution in [3.63, 3.8) is 0 Å². The Morgan fingerprint density at radius 2 is 2.16 bits per heavy atom. The molecule has 0 bridgehead atoms. The highest BCUT2D eigenvalue weighted by molar-refractivity contribution is 6.36. The smallest absolute Gasteiger partial charge is 0.354 e. The summed E-state index contributed by atoms with van der Waals surface area (Å²) in [5.41, 5.74) is 1.10. The fourth-order valence-electron chi connectivity index (χ4n) is 2.59. The summed E-state index contributed by atoms with van der Waals surface area (Å²) in [5, 5.41) is 12.6. The lowest BCUT2D eigenvalue weighted by Gasteiger charge is -2.15. The minimum Gasteiger partial charge on any atom is -0.477 e. The lowest BCUT2D eigenvalue weighted by Crippen LogP contribution is -2.27. The Morgan fingerprint density at radius 1 is 1.42 bits per heavy atom. The van der Waals surface area contributed by atoms with E-state index in [0.717, 1.165) is 5.56 Å². The van der Waals surface area contributed by atoms with Crippen molar-refractivity contribution in [2.75, 3.05) is 13.1 Å². The van der Waals surface area contributed by atoms with Gasteiger partial charge in [-0.25, -0.2) is 9.18 Å². The number of nitrogens with zero attached hydrogens (tertiary/aromatic N) is 2. The Labute approximate surface area is 109 Å². The van der Waals surface area contributed by atoms with E-state index in [-0.39, 0.29) is 23.6 Å². The molecule has 0 aliphatic carbocycles. The molecule has 1 fully saturated rings. The van der Waals surface area contributed by atoms with E-state index in [1.165, 1.54) is 12.1 Å². The van der Waals surface area contributed by atoms with E-state index in [1.807, 2.05) is 0 Å². The molecule has 1 aromatic carbocycles. The average molecular weight is 264 g/mol. The van der Waals surface area contributed by atoms with Crippen molar-refractivity contribution in [1.29, 1.82) is 0 Å². The van der Waals surface area contributed by atoms with Crippen molar-refractivity contribution in [3.8, 4) is 0 Å². The van der Waals surface area contributed by atoms with Gasteiger partial charge in [0.05, 0.1) is 5.92 Å². The van der Waals surface area contributed by atoms with Gasteiger partial charge in [0.1, 0.15) is 11.9 Å². The molecule has 0 aromatic heterocycles. The van der Waals surface area contributed by atoms with Crippen molar-refractivity contribution in [1.82, 2.24) is 4.90 Å². The normalized spacial score (nSPS) is 25.8. The molecule has 0 amide bonds. The van der Waals surface area contributed by atoms with Crippen LogP contribution in [-0.4, -0.2) is 40.9 Å². The van der Waals surface area contributed by atoms with Crippen LogP contribution in [0.4, 0.5) is 4.39 Å². The summed E-state index contributed by atoms with van der Waals surface area (Å²) in [4.78, 5) is 18.2. The Morgan fingerprint density at radius 3 is 2.84 bits per heavy atom. The summed E-state index contributed by atoms with van der Waals surface area (Å²) >= 11 is 0. The van der Waals surface area contributed by atoms with Crippen LogP contribution in [0, 0.1) is 11.7 Å². The second kappa shape index (κ2) is 4.62. The Balaban J connectivity index is 1.65. The molecule has 6 heteroatoms. The van der Waals surface area contributed by atoms with E-state index in [0.29, 0.717) is 19.6 Å². The number of carboxylic acid groups (broad SMARTS) is 1. The summed E-state index contributed by atoms with van der Waals surface area (Å²) in [6, 6.07) is 6.31. The Hall–Kier alpha value is -1.95. The highest BCUT2D eigenvalue weighted by Crippen LogP contribution is 2.28. The van der Waals surface area contributed by atoms with Crippen molar-refractivity contribution >= 4 is 11.7 Å². The third-order valence-electron chi connectivity index (χ3n) is 3.52. The number of rotatable bonds is 3. The van der Waals surface area contributed by atoms with Crippen LogP contribution in [0.2, 0.25) is 0 Å². The lowest BCUT2D eigenvalue weighted by molar-refractivity contribution is -0.129. The van der Waals surface area contributed by atoms with Crippen LogP contribution in [0.15, 0.2) is 29.4 Å². The van der Waals surface area contributed by atoms with Gasteiger partial charge in [-0.15, -0.1) is 0 Å². The van der Waals surface area contributed by atoms with E-state index < -0.39 is 5.97 Å². The molecule has 5 nitrogen and oxygen atoms in total. The third kappa shape index (κ3) is 2.31. The number of halogens is 1. The van der Waals surface area contributed by atoms with Crippen molar-refractivity contribution in [2.24, 2.45) is 11.1 Å². The fraction of sp³-hybridized carbons (Fsp3) is 0.385. The number of aliphatic carboxylic acids is 1. The van der Waals surface area contributed by atoms with Gasteiger partial charge < -0.3 is 9.94 Å². The number of benzene rings is 1. The summed E-state index contributed by atoms with van der Waals surface area (Å²) in [6.45, 7) is 1.90. The first-order valence-electron chi connectivity index (χ1n) is 6.07. The molecule has 1 saturated heterocycles. The Bertz CT molecular complexity index is 529. The highest BCUT2D eigenvalue weighted by atomic mass is 19.1. The quantitative estimate of drug-likeness (QED) is 0.888. The SMILES string of the molecule is O=C(O)C1=NOC2CN(Cc3ccc(F)cc3)CC12. The zero-order valence-corrected chi connectivity index (χ0v) is 10.1. The number of hydrogen-bond donors (Lipinski definition) is 1. The topological polar surface area (TPSA) is 62.1 Å². The van der Waals surface area contributed by atoms with Crippen molar-refractivity contribution in [3.05, 3.63) is 35.6 Å². The first-order chi connectivity index (χ1) is 9.13. The summed E-state index contributed by atoms with van der Waals surface area (Å²) in [5.74, 6) is -1.44. The van der Waals surface area contributed by atoms with Gasteiger partial charge >= 0.3 is 5.97 Å². The Kier molecular flexibility index (Phi) is 2.94. The number of fused-ring (bicyclic) bond motifs is 1. The average Bonchev–Trinajstić information content (AvgIpc) is 2.91. The summed E-state index contributed by atoms with van der Waals surface area (Å²) < 4.78 is 12.8. The largest absolute Gasteiger partial charge is 0.477 e. The number of carbonyl (C=O) groups is 1. The van der Waals surface area contributed by atoms with Crippen molar-refractivity contribution < 1.29 is 19.1 Å². The van der Waals surface area contributed by atoms with Crippen LogP contribution in [-0.2, 0) is 16.2 Å². The summed E-state index contributed by atoms with van der Waals surface area (Å²) in [7, 11) is 0. The molecule has 2 atom stereocenters. The van der Waals surface area contributed by atoms with E-state index >= 15 is 0 Å². The molecule has 19 heavy (non-hydrogen) atoms. The maximum atomic E-state index is 12.8. The van der Waals surface area contributed by atoms with E-state index in [2.05, 4.69) is 10.1 Å². The maximum absolute atomic E-state index is 12.8. The van der Waals surface area contributed by atoms with E-state index in [1.54, 1.807) is 12.1 Å². The fourth-order valence-corrected chi connectivity index (χ4v) is 2.59. The molecule has 1 aromatic rings. The number of carboxylic acids is 1. The van der Waals surface area contributed by atoms with Crippen LogP contribution in [0.25, 0.3) is 0 Å². The van der Waals surface area contributed by atoms with Gasteiger partial charge in [0, 0.05) is 19.6 Å². The van der Waals surface area contributed by atoms with Crippen LogP contribution >= 0.6 is 0 Å². The van der Waals surface area contributed by atoms with Gasteiger partial charge in [-0.05, 0) is 17.7 Å². The number of likely N-dealkylation sites (tertiary alicyclic amines) is 1. The van der Waals surface area contributed by atoms with Crippen LogP contribution in [0.3, 0.4) is 0 Å². The van der Waals surface area contributed by atoms with Gasteiger partial charge in [0.2, 0.25) is 0 Å². The van der Waals surface area contributed by atoms with Crippen molar-refractivity contribution in [2.45, 2.75) is 12.6 Å². The number of hydrogen-bond acceptors (Lipinski definition) is 4. The van der Waals surface area contributed by atoms with Crippen LogP contribution in [0.5, 0.6) is 0 Å². The standard InChI is InChI=1S/C13H13FN2O3/c14-9-3-1-8(2-4-9)5-16-6-10-11(7-16)19-15-12(10)13(17)18/h1-4,10-11H,5-7H2,(H,17,18). The molecule has 1 N–H and O–H groups in total. The molecule has 2 aliphatic rings. The molecule has 2 aliphatic heterocycles. The van der Waals surface area contributed by atoms with Gasteiger partial charge in [-0.3, -0.25) is 4.90 Å². The molecule has 100 valence electrons.